The van der Waals surface area contributed by atoms with E-state index in [1.54, 1.807) is 24.3 Å². The fourth-order valence-electron chi connectivity index (χ4n) is 2.95. The van der Waals surface area contributed by atoms with E-state index in [-0.39, 0.29) is 5.75 Å². The molecule has 0 amide bonds. The van der Waals surface area contributed by atoms with Gasteiger partial charge in [-0.2, -0.15) is 0 Å². The number of hydrogen-bond acceptors (Lipinski definition) is 4. The Morgan fingerprint density at radius 3 is 2.46 bits per heavy atom. The molecule has 0 aliphatic rings. The summed E-state index contributed by atoms with van der Waals surface area (Å²) in [5, 5.41) is 0.690. The van der Waals surface area contributed by atoms with Crippen LogP contribution in [0.5, 0.6) is 5.75 Å². The van der Waals surface area contributed by atoms with Gasteiger partial charge in [-0.1, -0.05) is 64.5 Å². The van der Waals surface area contributed by atoms with E-state index in [0.717, 1.165) is 5.56 Å². The number of halogens is 1. The van der Waals surface area contributed by atoms with E-state index < -0.39 is 5.97 Å². The summed E-state index contributed by atoms with van der Waals surface area (Å²) in [6.45, 7) is 0. The molecule has 0 saturated heterocycles. The summed E-state index contributed by atoms with van der Waals surface area (Å²) in [7, 11) is 0. The molecular formula is C23H14BrNO3. The van der Waals surface area contributed by atoms with Crippen molar-refractivity contribution in [3.8, 4) is 17.0 Å². The molecule has 0 N–H and O–H groups in total. The molecule has 0 fully saturated rings. The van der Waals surface area contributed by atoms with E-state index in [2.05, 4.69) is 20.9 Å². The van der Waals surface area contributed by atoms with Gasteiger partial charge >= 0.3 is 5.97 Å². The normalized spacial score (nSPS) is 10.6. The predicted octanol–water partition coefficient (Wildman–Crippen LogP) is 5.70. The number of esters is 1. The van der Waals surface area contributed by atoms with Crippen molar-refractivity contribution in [2.24, 2.45) is 0 Å². The number of para-hydroxylation sites is 1. The molecule has 3 aromatic carbocycles. The molecule has 0 radical (unpaired) electrons. The van der Waals surface area contributed by atoms with Crippen LogP contribution in [0.2, 0.25) is 0 Å². The Labute approximate surface area is 169 Å². The van der Waals surface area contributed by atoms with E-state index in [9.17, 15) is 9.59 Å². The van der Waals surface area contributed by atoms with Crippen LogP contribution in [0, 0.1) is 0 Å². The second-order valence-electron chi connectivity index (χ2n) is 6.13. The third-order valence-electron chi connectivity index (χ3n) is 4.31. The number of benzene rings is 3. The van der Waals surface area contributed by atoms with E-state index in [1.165, 1.54) is 0 Å². The second-order valence-corrected chi connectivity index (χ2v) is 7.04. The molecule has 0 unspecified atom stereocenters. The van der Waals surface area contributed by atoms with Gasteiger partial charge in [0.15, 0.2) is 6.29 Å². The van der Waals surface area contributed by atoms with Gasteiger partial charge in [-0.15, -0.1) is 0 Å². The molecule has 4 nitrogen and oxygen atoms in total. The van der Waals surface area contributed by atoms with Gasteiger partial charge in [-0.25, -0.2) is 9.78 Å². The third-order valence-corrected chi connectivity index (χ3v) is 4.80. The van der Waals surface area contributed by atoms with Crippen molar-refractivity contribution >= 4 is 39.1 Å². The first-order valence-corrected chi connectivity index (χ1v) is 9.37. The van der Waals surface area contributed by atoms with E-state index >= 15 is 0 Å². The highest BCUT2D eigenvalue weighted by Gasteiger charge is 2.17. The standard InChI is InChI=1S/C23H14BrNO3/c24-17-11-10-16(14-26)22(12-17)28-23(27)19-13-21(15-6-2-1-3-7-15)25-20-9-5-4-8-18(19)20/h1-14H. The minimum absolute atomic E-state index is 0.205. The zero-order chi connectivity index (χ0) is 19.5. The molecule has 0 saturated carbocycles. The van der Waals surface area contributed by atoms with Gasteiger partial charge in [-0.05, 0) is 30.3 Å². The molecule has 28 heavy (non-hydrogen) atoms. The summed E-state index contributed by atoms with van der Waals surface area (Å²) in [4.78, 5) is 29.0. The van der Waals surface area contributed by atoms with Crippen LogP contribution in [0.1, 0.15) is 20.7 Å². The fraction of sp³-hybridized carbons (Fsp3) is 0. The van der Waals surface area contributed by atoms with Crippen LogP contribution in [-0.2, 0) is 0 Å². The molecule has 4 rings (SSSR count). The van der Waals surface area contributed by atoms with E-state index in [1.807, 2.05) is 54.6 Å². The van der Waals surface area contributed by atoms with Crippen molar-refractivity contribution in [2.45, 2.75) is 0 Å². The van der Waals surface area contributed by atoms with Gasteiger partial charge < -0.3 is 4.74 Å². The SMILES string of the molecule is O=Cc1ccc(Br)cc1OC(=O)c1cc(-c2ccccc2)nc2ccccc12. The average Bonchev–Trinajstić information content (AvgIpc) is 2.73. The molecular weight excluding hydrogens is 418 g/mol. The number of aromatic nitrogens is 1. The molecule has 0 spiro atoms. The zero-order valence-electron chi connectivity index (χ0n) is 14.6. The van der Waals surface area contributed by atoms with Crippen LogP contribution in [0.3, 0.4) is 0 Å². The van der Waals surface area contributed by atoms with Gasteiger partial charge in [0, 0.05) is 15.4 Å². The summed E-state index contributed by atoms with van der Waals surface area (Å²) < 4.78 is 6.29. The predicted molar refractivity (Wildman–Crippen MR) is 112 cm³/mol. The Kier molecular flexibility index (Phi) is 5.00. The Morgan fingerprint density at radius 2 is 1.68 bits per heavy atom. The number of aldehydes is 1. The van der Waals surface area contributed by atoms with Gasteiger partial charge in [0.25, 0.3) is 0 Å². The van der Waals surface area contributed by atoms with E-state index in [0.29, 0.717) is 38.5 Å². The van der Waals surface area contributed by atoms with Crippen molar-refractivity contribution in [3.05, 3.63) is 94.5 Å². The highest BCUT2D eigenvalue weighted by Crippen LogP contribution is 2.28. The average molecular weight is 432 g/mol. The molecule has 0 bridgehead atoms. The van der Waals surface area contributed by atoms with Crippen LogP contribution >= 0.6 is 15.9 Å². The molecule has 0 aliphatic heterocycles. The largest absolute Gasteiger partial charge is 0.422 e. The Hall–Kier alpha value is -3.31. The number of rotatable bonds is 4. The van der Waals surface area contributed by atoms with E-state index in [4.69, 9.17) is 4.74 Å². The van der Waals surface area contributed by atoms with Gasteiger partial charge in [-0.3, -0.25) is 4.79 Å². The summed E-state index contributed by atoms with van der Waals surface area (Å²) in [5.41, 5.74) is 2.97. The maximum Gasteiger partial charge on any atom is 0.344 e. The monoisotopic (exact) mass is 431 g/mol. The van der Waals surface area contributed by atoms with Crippen molar-refractivity contribution in [1.82, 2.24) is 4.98 Å². The minimum Gasteiger partial charge on any atom is -0.422 e. The second kappa shape index (κ2) is 7.74. The summed E-state index contributed by atoms with van der Waals surface area (Å²) in [6, 6.07) is 23.7. The number of pyridine rings is 1. The Bertz CT molecular complexity index is 1190. The number of fused-ring (bicyclic) bond motifs is 1. The van der Waals surface area contributed by atoms with Gasteiger partial charge in [0.05, 0.1) is 22.3 Å². The fourth-order valence-corrected chi connectivity index (χ4v) is 3.29. The molecule has 1 aromatic heterocycles. The number of ether oxygens (including phenoxy) is 1. The Balaban J connectivity index is 1.82. The van der Waals surface area contributed by atoms with Crippen LogP contribution in [-0.4, -0.2) is 17.2 Å². The van der Waals surface area contributed by atoms with Gasteiger partial charge in [0.2, 0.25) is 0 Å². The quantitative estimate of drug-likeness (QED) is 0.236. The van der Waals surface area contributed by atoms with Crippen LogP contribution in [0.15, 0.2) is 83.3 Å². The number of nitrogens with zero attached hydrogens (tertiary/aromatic N) is 1. The minimum atomic E-state index is -0.544. The highest BCUT2D eigenvalue weighted by molar-refractivity contribution is 9.10. The smallest absolute Gasteiger partial charge is 0.344 e. The Morgan fingerprint density at radius 1 is 0.929 bits per heavy atom. The molecule has 4 aromatic rings. The lowest BCUT2D eigenvalue weighted by Crippen LogP contribution is -2.11. The van der Waals surface area contributed by atoms with Crippen molar-refractivity contribution in [1.29, 1.82) is 0 Å². The number of carbonyl (C=O) groups excluding carboxylic acids is 2. The highest BCUT2D eigenvalue weighted by atomic mass is 79.9. The van der Waals surface area contributed by atoms with Crippen molar-refractivity contribution in [3.63, 3.8) is 0 Å². The number of carbonyl (C=O) groups is 2. The lowest BCUT2D eigenvalue weighted by molar-refractivity contribution is 0.0735. The van der Waals surface area contributed by atoms with Crippen LogP contribution in [0.4, 0.5) is 0 Å². The molecule has 0 aliphatic carbocycles. The zero-order valence-corrected chi connectivity index (χ0v) is 16.2. The van der Waals surface area contributed by atoms with Crippen LogP contribution in [0.25, 0.3) is 22.2 Å². The maximum atomic E-state index is 13.0. The first-order valence-electron chi connectivity index (χ1n) is 8.58. The lowest BCUT2D eigenvalue weighted by Gasteiger charge is -2.11. The number of hydrogen-bond donors (Lipinski definition) is 0. The van der Waals surface area contributed by atoms with Crippen LogP contribution < -0.4 is 4.74 Å². The molecule has 136 valence electrons. The summed E-state index contributed by atoms with van der Waals surface area (Å²) in [5.74, 6) is -0.339. The summed E-state index contributed by atoms with van der Waals surface area (Å²) in [6.07, 6.45) is 0.662. The maximum absolute atomic E-state index is 13.0. The van der Waals surface area contributed by atoms with Crippen molar-refractivity contribution in [2.75, 3.05) is 0 Å². The lowest BCUT2D eigenvalue weighted by atomic mass is 10.0. The summed E-state index contributed by atoms with van der Waals surface area (Å²) >= 11 is 3.34. The topological polar surface area (TPSA) is 56.3 Å². The van der Waals surface area contributed by atoms with Crippen molar-refractivity contribution < 1.29 is 14.3 Å². The molecule has 1 heterocycles. The third kappa shape index (κ3) is 3.57. The van der Waals surface area contributed by atoms with Gasteiger partial charge in [0.1, 0.15) is 5.75 Å². The first kappa shape index (κ1) is 18.1. The molecule has 0 atom stereocenters. The first-order chi connectivity index (χ1) is 13.7. The molecule has 5 heteroatoms.